The summed E-state index contributed by atoms with van der Waals surface area (Å²) in [5, 5.41) is 10.1. The summed E-state index contributed by atoms with van der Waals surface area (Å²) in [6.45, 7) is 3.61. The van der Waals surface area contributed by atoms with Gasteiger partial charge in [0, 0.05) is 0 Å². The van der Waals surface area contributed by atoms with Crippen LogP contribution in [0.3, 0.4) is 0 Å². The van der Waals surface area contributed by atoms with Crippen LogP contribution in [0.25, 0.3) is 0 Å². The van der Waals surface area contributed by atoms with Crippen LogP contribution in [0, 0.1) is 0 Å². The monoisotopic (exact) mass is 238 g/mol. The van der Waals surface area contributed by atoms with Gasteiger partial charge in [0.2, 0.25) is 0 Å². The smallest absolute Gasteiger partial charge is 1.00 e. The van der Waals surface area contributed by atoms with Crippen molar-refractivity contribution < 1.29 is 64.0 Å². The molecule has 0 unspecified atom stereocenters. The van der Waals surface area contributed by atoms with E-state index in [-0.39, 0.29) is 64.7 Å². The molecule has 1 nitrogen and oxygen atoms in total. The van der Waals surface area contributed by atoms with E-state index in [0.29, 0.717) is 6.42 Å². The van der Waals surface area contributed by atoms with Crippen molar-refractivity contribution in [2.75, 3.05) is 0 Å². The molecule has 0 amide bonds. The van der Waals surface area contributed by atoms with E-state index in [4.69, 9.17) is 0 Å². The van der Waals surface area contributed by atoms with Crippen molar-refractivity contribution in [2.24, 2.45) is 0 Å². The molecule has 0 aliphatic rings. The van der Waals surface area contributed by atoms with Gasteiger partial charge in [-0.3, -0.25) is 0 Å². The Hall–Kier alpha value is 1.12. The maximum absolute atomic E-state index is 10.1. The summed E-state index contributed by atoms with van der Waals surface area (Å²) in [7, 11) is 0. The molecular formula is C5H9Cl3OTi. The fourth-order valence-corrected chi connectivity index (χ4v) is 0.204. The summed E-state index contributed by atoms with van der Waals surface area (Å²) in [5.41, 5.74) is 0. The zero-order valence-electron chi connectivity index (χ0n) is 5.83. The van der Waals surface area contributed by atoms with Crippen LogP contribution in [0.1, 0.15) is 20.3 Å². The number of hydrogen-bond donors (Lipinski definition) is 0. The molecular weight excluding hydrogens is 230 g/mol. The standard InChI is InChI=1S/C5H10O.3ClH.Ti/c1-3-5(6)4-2;;;;/h3,6H,4H2,1-2H3;3*1H;/q;;;;+4/p-4/b5-3-;;;;. The van der Waals surface area contributed by atoms with Crippen molar-refractivity contribution in [3.63, 3.8) is 0 Å². The minimum atomic E-state index is 0. The Labute approximate surface area is 95.8 Å². The number of allylic oxidation sites excluding steroid dienone is 2. The van der Waals surface area contributed by atoms with Crippen molar-refractivity contribution >= 4 is 0 Å². The van der Waals surface area contributed by atoms with Crippen molar-refractivity contribution in [3.05, 3.63) is 11.8 Å². The molecule has 0 spiro atoms. The van der Waals surface area contributed by atoms with E-state index in [1.54, 1.807) is 13.0 Å². The third-order valence-corrected chi connectivity index (χ3v) is 0.670. The first-order valence-electron chi connectivity index (χ1n) is 2.13. The minimum absolute atomic E-state index is 0. The van der Waals surface area contributed by atoms with Gasteiger partial charge in [-0.25, -0.2) is 0 Å². The molecule has 0 N–H and O–H groups in total. The molecule has 0 fully saturated rings. The molecule has 0 atom stereocenters. The zero-order valence-corrected chi connectivity index (χ0v) is 9.66. The van der Waals surface area contributed by atoms with E-state index in [1.807, 2.05) is 6.92 Å². The van der Waals surface area contributed by atoms with Crippen LogP contribution in [0.5, 0.6) is 0 Å². The van der Waals surface area contributed by atoms with E-state index in [9.17, 15) is 5.11 Å². The summed E-state index contributed by atoms with van der Waals surface area (Å²) >= 11 is 0. The Morgan fingerprint density at radius 1 is 1.30 bits per heavy atom. The second-order valence-electron chi connectivity index (χ2n) is 1.11. The predicted octanol–water partition coefficient (Wildman–Crippen LogP) is -8.33. The fraction of sp³-hybridized carbons (Fsp3) is 0.600. The molecule has 0 bridgehead atoms. The predicted molar refractivity (Wildman–Crippen MR) is 24.0 cm³/mol. The van der Waals surface area contributed by atoms with Gasteiger partial charge in [-0.15, -0.1) is 5.76 Å². The Kier molecular flexibility index (Phi) is 68.3. The van der Waals surface area contributed by atoms with E-state index in [0.717, 1.165) is 0 Å². The number of hydrogen-bond acceptors (Lipinski definition) is 1. The Balaban J connectivity index is -0.0000000208. The van der Waals surface area contributed by atoms with Crippen molar-refractivity contribution in [3.8, 4) is 0 Å². The topological polar surface area (TPSA) is 23.1 Å². The van der Waals surface area contributed by atoms with Gasteiger partial charge in [0.05, 0.1) is 0 Å². The molecule has 0 rings (SSSR count). The third kappa shape index (κ3) is 22.9. The van der Waals surface area contributed by atoms with Crippen LogP contribution in [0.4, 0.5) is 0 Å². The summed E-state index contributed by atoms with van der Waals surface area (Å²) < 4.78 is 0. The first-order valence-corrected chi connectivity index (χ1v) is 2.13. The Bertz CT molecular complexity index is 67.9. The summed E-state index contributed by atoms with van der Waals surface area (Å²) in [6.07, 6.45) is 2.22. The molecule has 0 aromatic carbocycles. The number of rotatable bonds is 1. The maximum atomic E-state index is 10.1. The molecule has 5 heteroatoms. The summed E-state index contributed by atoms with van der Waals surface area (Å²) in [6, 6.07) is 0. The van der Waals surface area contributed by atoms with Crippen LogP contribution in [0.2, 0.25) is 0 Å². The van der Waals surface area contributed by atoms with E-state index in [1.165, 1.54) is 0 Å². The quantitative estimate of drug-likeness (QED) is 0.329. The molecule has 0 heterocycles. The van der Waals surface area contributed by atoms with Crippen LogP contribution in [-0.4, -0.2) is 0 Å². The van der Waals surface area contributed by atoms with Gasteiger partial charge < -0.3 is 42.3 Å². The first-order chi connectivity index (χ1) is 2.81. The second kappa shape index (κ2) is 22.5. The molecule has 60 valence electrons. The largest absolute Gasteiger partial charge is 4.00 e. The molecule has 0 saturated heterocycles. The second-order valence-corrected chi connectivity index (χ2v) is 1.11. The fourth-order valence-electron chi connectivity index (χ4n) is 0.204. The number of halogens is 3. The SMILES string of the molecule is C/C=C(\[O-])CC.[Cl-].[Cl-].[Cl-].[Ti+4]. The maximum Gasteiger partial charge on any atom is 4.00 e. The van der Waals surface area contributed by atoms with Gasteiger partial charge >= 0.3 is 21.7 Å². The first kappa shape index (κ1) is 30.4. The van der Waals surface area contributed by atoms with Gasteiger partial charge in [0.1, 0.15) is 0 Å². The zero-order chi connectivity index (χ0) is 4.99. The van der Waals surface area contributed by atoms with Crippen molar-refractivity contribution in [1.29, 1.82) is 0 Å². The molecule has 0 aromatic heterocycles. The minimum Gasteiger partial charge on any atom is -1.00 e. The van der Waals surface area contributed by atoms with Crippen LogP contribution in [-0.2, 0) is 21.7 Å². The van der Waals surface area contributed by atoms with Crippen LogP contribution in [0.15, 0.2) is 11.8 Å². The molecule has 0 aromatic rings. The molecule has 0 radical (unpaired) electrons. The van der Waals surface area contributed by atoms with Crippen molar-refractivity contribution in [1.82, 2.24) is 0 Å². The normalized spacial score (nSPS) is 7.20. The summed E-state index contributed by atoms with van der Waals surface area (Å²) in [5.74, 6) is 0.218. The Morgan fingerprint density at radius 2 is 1.60 bits per heavy atom. The molecule has 0 saturated carbocycles. The van der Waals surface area contributed by atoms with Crippen LogP contribution < -0.4 is 42.3 Å². The van der Waals surface area contributed by atoms with Crippen LogP contribution >= 0.6 is 0 Å². The third-order valence-electron chi connectivity index (χ3n) is 0.670. The van der Waals surface area contributed by atoms with Gasteiger partial charge in [-0.1, -0.05) is 13.0 Å². The summed E-state index contributed by atoms with van der Waals surface area (Å²) in [4.78, 5) is 0. The van der Waals surface area contributed by atoms with Crippen molar-refractivity contribution in [2.45, 2.75) is 20.3 Å². The van der Waals surface area contributed by atoms with E-state index < -0.39 is 0 Å². The van der Waals surface area contributed by atoms with Gasteiger partial charge in [0.15, 0.2) is 0 Å². The Morgan fingerprint density at radius 3 is 1.60 bits per heavy atom. The van der Waals surface area contributed by atoms with Gasteiger partial charge in [0.25, 0.3) is 0 Å². The van der Waals surface area contributed by atoms with Gasteiger partial charge in [-0.05, 0) is 13.3 Å². The molecule has 0 aliphatic carbocycles. The van der Waals surface area contributed by atoms with E-state index >= 15 is 0 Å². The van der Waals surface area contributed by atoms with E-state index in [2.05, 4.69) is 0 Å². The average Bonchev–Trinajstić information content (AvgIpc) is 1.65. The van der Waals surface area contributed by atoms with Gasteiger partial charge in [-0.2, -0.15) is 0 Å². The molecule has 10 heavy (non-hydrogen) atoms. The average molecular weight is 239 g/mol. The molecule has 0 aliphatic heterocycles.